The summed E-state index contributed by atoms with van der Waals surface area (Å²) in [6.07, 6.45) is 4.02. The maximum atomic E-state index is 6.72. The standard InChI is InChI=1S/C8H9ClN5.Co/c1-11-6-4-7(9)8(12-5-6)14-13-3-2-10;/h2-5,10-11H,1H2,(H,12,14);/q-1;/p+1/b10-2?,13-3-;. The van der Waals surface area contributed by atoms with Crippen molar-refractivity contribution in [2.45, 2.75) is 0 Å². The summed E-state index contributed by atoms with van der Waals surface area (Å²) in [6.45, 7) is 0. The molecule has 0 aliphatic rings. The molecular formula is C8H10ClCoN5. The summed E-state index contributed by atoms with van der Waals surface area (Å²) >= 11 is 5.89. The molecule has 83 valence electrons. The second kappa shape index (κ2) is 7.35. The molecule has 0 atom stereocenters. The van der Waals surface area contributed by atoms with Crippen molar-refractivity contribution in [2.24, 2.45) is 5.10 Å². The van der Waals surface area contributed by atoms with Crippen LogP contribution in [0.5, 0.6) is 0 Å². The molecule has 0 fully saturated rings. The molecule has 1 aromatic heterocycles. The Kier molecular flexibility index (Phi) is 6.89. The molecule has 1 aromatic rings. The van der Waals surface area contributed by atoms with E-state index in [1.807, 2.05) is 0 Å². The van der Waals surface area contributed by atoms with Crippen LogP contribution in [-0.4, -0.2) is 17.4 Å². The molecule has 4 N–H and O–H groups in total. The van der Waals surface area contributed by atoms with E-state index in [0.29, 0.717) is 10.8 Å². The zero-order valence-corrected chi connectivity index (χ0v) is 9.50. The van der Waals surface area contributed by atoms with Gasteiger partial charge in [0.1, 0.15) is 11.2 Å². The van der Waals surface area contributed by atoms with Gasteiger partial charge in [-0.05, 0) is 6.07 Å². The van der Waals surface area contributed by atoms with E-state index in [4.69, 9.17) is 17.0 Å². The van der Waals surface area contributed by atoms with Gasteiger partial charge in [0.15, 0.2) is 0 Å². The van der Waals surface area contributed by atoms with Crippen LogP contribution in [0.2, 0.25) is 5.02 Å². The quantitative estimate of drug-likeness (QED) is 0.327. The van der Waals surface area contributed by atoms with E-state index in [2.05, 4.69) is 22.4 Å². The average molecular weight is 271 g/mol. The summed E-state index contributed by atoms with van der Waals surface area (Å²) in [5.41, 5.74) is 2.23. The number of aromatic nitrogens is 1. The molecular weight excluding hydrogens is 261 g/mol. The van der Waals surface area contributed by atoms with E-state index < -0.39 is 0 Å². The maximum Gasteiger partial charge on any atom is 0.269 e. The Morgan fingerprint density at radius 3 is 2.93 bits per heavy atom. The van der Waals surface area contributed by atoms with E-state index in [1.54, 1.807) is 12.3 Å². The van der Waals surface area contributed by atoms with Crippen molar-refractivity contribution in [3.63, 3.8) is 0 Å². The summed E-state index contributed by atoms with van der Waals surface area (Å²) in [7, 11) is 3.48. The van der Waals surface area contributed by atoms with Crippen molar-refractivity contribution in [3.8, 4) is 0 Å². The smallest absolute Gasteiger partial charge is 0.269 e. The van der Waals surface area contributed by atoms with E-state index in [0.717, 1.165) is 11.9 Å². The minimum Gasteiger partial charge on any atom is -0.537 e. The topological polar surface area (TPSA) is 77.7 Å². The van der Waals surface area contributed by atoms with Gasteiger partial charge in [0, 0.05) is 28.7 Å². The van der Waals surface area contributed by atoms with Gasteiger partial charge < -0.3 is 10.7 Å². The molecule has 15 heavy (non-hydrogen) atoms. The molecule has 0 saturated carbocycles. The number of anilines is 1. The molecule has 0 amide bonds. The molecule has 1 rings (SSSR count). The van der Waals surface area contributed by atoms with Gasteiger partial charge in [-0.15, -0.1) is 0 Å². The molecule has 0 aromatic carbocycles. The fraction of sp³-hybridized carbons (Fsp3) is 0. The third-order valence-corrected chi connectivity index (χ3v) is 1.73. The van der Waals surface area contributed by atoms with Crippen LogP contribution in [0.4, 0.5) is 11.5 Å². The maximum absolute atomic E-state index is 6.72. The Morgan fingerprint density at radius 2 is 2.40 bits per heavy atom. The Bertz CT molecular complexity index is 355. The number of nitrogens with one attached hydrogen (secondary N) is 2. The zero-order valence-electron chi connectivity index (χ0n) is 7.70. The Balaban J connectivity index is 0.00000196. The summed E-state index contributed by atoms with van der Waals surface area (Å²) in [6, 6.07) is 1.70. The fourth-order valence-electron chi connectivity index (χ4n) is 0.797. The predicted molar refractivity (Wildman–Crippen MR) is 57.1 cm³/mol. The van der Waals surface area contributed by atoms with Crippen molar-refractivity contribution >= 4 is 35.5 Å². The van der Waals surface area contributed by atoms with Gasteiger partial charge in [0.2, 0.25) is 0 Å². The van der Waals surface area contributed by atoms with Gasteiger partial charge in [0.05, 0.1) is 6.20 Å². The van der Waals surface area contributed by atoms with Crippen molar-refractivity contribution in [3.05, 3.63) is 24.3 Å². The van der Waals surface area contributed by atoms with Gasteiger partial charge in [-0.1, -0.05) is 16.7 Å². The number of halogens is 1. The number of hydrogen-bond donors (Lipinski definition) is 3. The Labute approximate surface area is 103 Å². The van der Waals surface area contributed by atoms with Crippen LogP contribution in [-0.2, 0) is 16.8 Å². The van der Waals surface area contributed by atoms with E-state index in [9.17, 15) is 0 Å². The van der Waals surface area contributed by atoms with Crippen molar-refractivity contribution in [1.29, 1.82) is 5.41 Å². The Morgan fingerprint density at radius 1 is 1.67 bits per heavy atom. The van der Waals surface area contributed by atoms with Crippen LogP contribution in [0.1, 0.15) is 0 Å². The summed E-state index contributed by atoms with van der Waals surface area (Å²) in [5, 5.41) is 13.7. The molecule has 1 heterocycles. The number of nitrogens with zero attached hydrogens (tertiary/aromatic N) is 2. The molecule has 0 spiro atoms. The SMILES string of the molecule is [CH2-]Nc1cnc([NH2+]/N=C\C=N)c(Cl)c1.[Co]. The van der Waals surface area contributed by atoms with Crippen LogP contribution in [0.15, 0.2) is 17.4 Å². The Hall–Kier alpha value is -0.954. The molecule has 0 aliphatic carbocycles. The molecule has 5 nitrogen and oxygen atoms in total. The molecule has 0 saturated heterocycles. The van der Waals surface area contributed by atoms with Crippen molar-refractivity contribution in [2.75, 3.05) is 5.32 Å². The van der Waals surface area contributed by atoms with E-state index >= 15 is 0 Å². The van der Waals surface area contributed by atoms with Crippen LogP contribution in [0.3, 0.4) is 0 Å². The molecule has 0 aliphatic heterocycles. The minimum atomic E-state index is 0. The normalized spacial score (nSPS) is 9.73. The number of quaternary nitrogens is 1. The number of pyridine rings is 1. The monoisotopic (exact) mass is 270 g/mol. The number of hydrogen-bond acceptors (Lipinski definition) is 4. The van der Waals surface area contributed by atoms with Gasteiger partial charge >= 0.3 is 0 Å². The number of rotatable bonds is 4. The second-order valence-corrected chi connectivity index (χ2v) is 2.77. The second-order valence-electron chi connectivity index (χ2n) is 2.36. The summed E-state index contributed by atoms with van der Waals surface area (Å²) < 4.78 is 0. The fourth-order valence-corrected chi connectivity index (χ4v) is 1.01. The first kappa shape index (κ1) is 14.0. The van der Waals surface area contributed by atoms with Gasteiger partial charge in [0.25, 0.3) is 5.82 Å². The first-order chi connectivity index (χ1) is 6.77. The van der Waals surface area contributed by atoms with Gasteiger partial charge in [-0.2, -0.15) is 10.4 Å². The minimum absolute atomic E-state index is 0. The van der Waals surface area contributed by atoms with Crippen molar-refractivity contribution < 1.29 is 22.2 Å². The summed E-state index contributed by atoms with van der Waals surface area (Å²) in [4.78, 5) is 4.04. The van der Waals surface area contributed by atoms with Crippen LogP contribution in [0.25, 0.3) is 0 Å². The van der Waals surface area contributed by atoms with Crippen LogP contribution in [0, 0.1) is 12.5 Å². The number of nitrogens with two attached hydrogens (primary N) is 1. The molecule has 0 bridgehead atoms. The van der Waals surface area contributed by atoms with Gasteiger partial charge in [-0.3, -0.25) is 7.05 Å². The molecule has 0 unspecified atom stereocenters. The third-order valence-electron chi connectivity index (χ3n) is 1.43. The van der Waals surface area contributed by atoms with Crippen molar-refractivity contribution in [1.82, 2.24) is 4.98 Å². The van der Waals surface area contributed by atoms with E-state index in [1.165, 1.54) is 11.6 Å². The predicted octanol–water partition coefficient (Wildman–Crippen LogP) is 0.766. The molecule has 1 radical (unpaired) electrons. The summed E-state index contributed by atoms with van der Waals surface area (Å²) in [5.74, 6) is 0.559. The van der Waals surface area contributed by atoms with Crippen LogP contribution >= 0.6 is 11.6 Å². The first-order valence-corrected chi connectivity index (χ1v) is 4.20. The zero-order chi connectivity index (χ0) is 10.4. The average Bonchev–Trinajstić information content (AvgIpc) is 2.20. The third kappa shape index (κ3) is 4.39. The van der Waals surface area contributed by atoms with Gasteiger partial charge in [-0.25, -0.2) is 0 Å². The van der Waals surface area contributed by atoms with E-state index in [-0.39, 0.29) is 16.8 Å². The largest absolute Gasteiger partial charge is 0.537 e. The van der Waals surface area contributed by atoms with Crippen LogP contribution < -0.4 is 10.7 Å². The first-order valence-electron chi connectivity index (χ1n) is 3.82. The molecule has 7 heteroatoms.